The minimum Gasteiger partial charge on any atom is -0.330 e. The molecular weight excluding hydrogens is 174 g/mol. The lowest BCUT2D eigenvalue weighted by Gasteiger charge is -1.99. The first-order valence-corrected chi connectivity index (χ1v) is 4.64. The number of nitrogens with two attached hydrogens (primary N) is 1. The fraction of sp³-hybridized carbons (Fsp3) is 0.182. The zero-order valence-electron chi connectivity index (χ0n) is 7.96. The Kier molecular flexibility index (Phi) is 2.33. The average Bonchev–Trinajstić information content (AvgIpc) is 2.61. The van der Waals surface area contributed by atoms with E-state index in [1.807, 2.05) is 24.3 Å². The Morgan fingerprint density at radius 1 is 1.43 bits per heavy atom. The second-order valence-electron chi connectivity index (χ2n) is 3.26. The van der Waals surface area contributed by atoms with Gasteiger partial charge in [-0.25, -0.2) is 0 Å². The van der Waals surface area contributed by atoms with E-state index in [4.69, 9.17) is 5.73 Å². The first-order chi connectivity index (χ1) is 6.83. The monoisotopic (exact) mass is 187 g/mol. The van der Waals surface area contributed by atoms with Crippen LogP contribution < -0.4 is 5.73 Å². The van der Waals surface area contributed by atoms with Crippen molar-refractivity contribution in [2.45, 2.75) is 6.42 Å². The summed E-state index contributed by atoms with van der Waals surface area (Å²) >= 11 is 0. The lowest BCUT2D eigenvalue weighted by atomic mass is 10.1. The summed E-state index contributed by atoms with van der Waals surface area (Å²) in [5, 5.41) is 8.33. The van der Waals surface area contributed by atoms with Gasteiger partial charge in [-0.3, -0.25) is 5.10 Å². The standard InChI is InChI=1S/C11H13N3/c1-8(6-7-12)11-9-4-2-3-5-10(9)13-14-11/h2-5H,1,6-7,12H2,(H,13,14). The summed E-state index contributed by atoms with van der Waals surface area (Å²) in [4.78, 5) is 0. The summed E-state index contributed by atoms with van der Waals surface area (Å²) in [5.41, 5.74) is 8.45. The van der Waals surface area contributed by atoms with Crippen LogP contribution >= 0.6 is 0 Å². The Morgan fingerprint density at radius 2 is 2.21 bits per heavy atom. The van der Waals surface area contributed by atoms with Crippen molar-refractivity contribution in [3.63, 3.8) is 0 Å². The van der Waals surface area contributed by atoms with Gasteiger partial charge >= 0.3 is 0 Å². The molecule has 0 aliphatic heterocycles. The molecule has 0 fully saturated rings. The van der Waals surface area contributed by atoms with Crippen molar-refractivity contribution in [1.29, 1.82) is 0 Å². The van der Waals surface area contributed by atoms with E-state index >= 15 is 0 Å². The summed E-state index contributed by atoms with van der Waals surface area (Å²) < 4.78 is 0. The molecular formula is C11H13N3. The third kappa shape index (κ3) is 1.42. The van der Waals surface area contributed by atoms with Gasteiger partial charge in [-0.2, -0.15) is 5.10 Å². The van der Waals surface area contributed by atoms with Crippen LogP contribution in [0.15, 0.2) is 30.8 Å². The SMILES string of the molecule is C=C(CCN)c1n[nH]c2ccccc12. The Morgan fingerprint density at radius 3 is 3.00 bits per heavy atom. The molecule has 0 radical (unpaired) electrons. The topological polar surface area (TPSA) is 54.7 Å². The molecule has 3 N–H and O–H groups in total. The Labute approximate surface area is 82.6 Å². The van der Waals surface area contributed by atoms with Crippen LogP contribution in [0, 0.1) is 0 Å². The van der Waals surface area contributed by atoms with E-state index in [9.17, 15) is 0 Å². The van der Waals surface area contributed by atoms with Crippen LogP contribution in [0.1, 0.15) is 12.1 Å². The minimum absolute atomic E-state index is 0.611. The molecule has 0 saturated carbocycles. The maximum absolute atomic E-state index is 5.48. The molecule has 0 aliphatic rings. The number of nitrogens with zero attached hydrogens (tertiary/aromatic N) is 1. The van der Waals surface area contributed by atoms with Crippen molar-refractivity contribution >= 4 is 16.5 Å². The van der Waals surface area contributed by atoms with Gasteiger partial charge in [-0.1, -0.05) is 24.8 Å². The molecule has 0 unspecified atom stereocenters. The molecule has 0 spiro atoms. The van der Waals surface area contributed by atoms with Crippen LogP contribution in [-0.2, 0) is 0 Å². The third-order valence-corrected chi connectivity index (χ3v) is 2.25. The van der Waals surface area contributed by atoms with Gasteiger partial charge in [0.05, 0.1) is 11.2 Å². The van der Waals surface area contributed by atoms with Gasteiger partial charge in [0.25, 0.3) is 0 Å². The van der Waals surface area contributed by atoms with Crippen molar-refractivity contribution in [3.8, 4) is 0 Å². The number of para-hydroxylation sites is 1. The van der Waals surface area contributed by atoms with Crippen LogP contribution in [0.25, 0.3) is 16.5 Å². The molecule has 1 heterocycles. The smallest absolute Gasteiger partial charge is 0.0953 e. The molecule has 1 aromatic heterocycles. The van der Waals surface area contributed by atoms with E-state index in [0.29, 0.717) is 6.54 Å². The molecule has 2 rings (SSSR count). The number of hydrogen-bond donors (Lipinski definition) is 2. The number of fused-ring (bicyclic) bond motifs is 1. The molecule has 0 bridgehead atoms. The zero-order valence-corrected chi connectivity index (χ0v) is 7.96. The van der Waals surface area contributed by atoms with Crippen molar-refractivity contribution in [3.05, 3.63) is 36.5 Å². The molecule has 1 aromatic carbocycles. The van der Waals surface area contributed by atoms with Gasteiger partial charge < -0.3 is 5.73 Å². The molecule has 0 amide bonds. The van der Waals surface area contributed by atoms with E-state index in [-0.39, 0.29) is 0 Å². The maximum Gasteiger partial charge on any atom is 0.0953 e. The van der Waals surface area contributed by atoms with Crippen molar-refractivity contribution in [1.82, 2.24) is 10.2 Å². The van der Waals surface area contributed by atoms with Gasteiger partial charge in [0.2, 0.25) is 0 Å². The average molecular weight is 187 g/mol. The highest BCUT2D eigenvalue weighted by molar-refractivity contribution is 5.89. The predicted octanol–water partition coefficient (Wildman–Crippen LogP) is 1.92. The summed E-state index contributed by atoms with van der Waals surface area (Å²) in [6.45, 7) is 4.59. The summed E-state index contributed by atoms with van der Waals surface area (Å²) in [6, 6.07) is 8.02. The van der Waals surface area contributed by atoms with Gasteiger partial charge in [0, 0.05) is 5.39 Å². The minimum atomic E-state index is 0.611. The number of H-pyrrole nitrogens is 1. The van der Waals surface area contributed by atoms with Crippen LogP contribution in [-0.4, -0.2) is 16.7 Å². The summed E-state index contributed by atoms with van der Waals surface area (Å²) in [6.07, 6.45) is 0.787. The second-order valence-corrected chi connectivity index (χ2v) is 3.26. The number of aromatic amines is 1. The van der Waals surface area contributed by atoms with Gasteiger partial charge in [0.1, 0.15) is 0 Å². The van der Waals surface area contributed by atoms with Crippen molar-refractivity contribution in [2.75, 3.05) is 6.54 Å². The fourth-order valence-corrected chi connectivity index (χ4v) is 1.53. The summed E-state index contributed by atoms with van der Waals surface area (Å²) in [7, 11) is 0. The van der Waals surface area contributed by atoms with Crippen molar-refractivity contribution in [2.24, 2.45) is 5.73 Å². The van der Waals surface area contributed by atoms with Gasteiger partial charge in [-0.05, 0) is 24.6 Å². The number of aromatic nitrogens is 2. The van der Waals surface area contributed by atoms with E-state index in [1.165, 1.54) is 0 Å². The number of benzene rings is 1. The fourth-order valence-electron chi connectivity index (χ4n) is 1.53. The Hall–Kier alpha value is -1.61. The van der Waals surface area contributed by atoms with Gasteiger partial charge in [-0.15, -0.1) is 0 Å². The largest absolute Gasteiger partial charge is 0.330 e. The molecule has 3 nitrogen and oxygen atoms in total. The highest BCUT2D eigenvalue weighted by atomic mass is 15.1. The van der Waals surface area contributed by atoms with E-state index in [1.54, 1.807) is 0 Å². The summed E-state index contributed by atoms with van der Waals surface area (Å²) in [5.74, 6) is 0. The number of hydrogen-bond acceptors (Lipinski definition) is 2. The highest BCUT2D eigenvalue weighted by Crippen LogP contribution is 2.22. The maximum atomic E-state index is 5.48. The van der Waals surface area contributed by atoms with Crippen molar-refractivity contribution < 1.29 is 0 Å². The molecule has 0 atom stereocenters. The van der Waals surface area contributed by atoms with Crippen LogP contribution in [0.2, 0.25) is 0 Å². The first-order valence-electron chi connectivity index (χ1n) is 4.64. The molecule has 72 valence electrons. The third-order valence-electron chi connectivity index (χ3n) is 2.25. The second kappa shape index (κ2) is 3.64. The van der Waals surface area contributed by atoms with E-state index in [2.05, 4.69) is 16.8 Å². The van der Waals surface area contributed by atoms with Gasteiger partial charge in [0.15, 0.2) is 0 Å². The lowest BCUT2D eigenvalue weighted by molar-refractivity contribution is 1.00. The Balaban J connectivity index is 2.47. The van der Waals surface area contributed by atoms with E-state index < -0.39 is 0 Å². The molecule has 3 heteroatoms. The predicted molar refractivity (Wildman–Crippen MR) is 58.8 cm³/mol. The lowest BCUT2D eigenvalue weighted by Crippen LogP contribution is -1.99. The highest BCUT2D eigenvalue weighted by Gasteiger charge is 2.06. The van der Waals surface area contributed by atoms with Crippen LogP contribution in [0.3, 0.4) is 0 Å². The zero-order chi connectivity index (χ0) is 9.97. The van der Waals surface area contributed by atoms with E-state index in [0.717, 1.165) is 28.6 Å². The number of rotatable bonds is 3. The first kappa shape index (κ1) is 8.97. The molecule has 0 aliphatic carbocycles. The quantitative estimate of drug-likeness (QED) is 0.771. The molecule has 0 saturated heterocycles. The molecule has 14 heavy (non-hydrogen) atoms. The number of nitrogens with one attached hydrogen (secondary N) is 1. The van der Waals surface area contributed by atoms with Crippen LogP contribution in [0.4, 0.5) is 0 Å². The van der Waals surface area contributed by atoms with Crippen LogP contribution in [0.5, 0.6) is 0 Å². The molecule has 2 aromatic rings. The Bertz CT molecular complexity index is 456. The normalized spacial score (nSPS) is 10.6.